The SMILES string of the molecule is Cc1nnc2c(N(CCCN)C3CCCC3)nccn12. The number of rotatable bonds is 5. The van der Waals surface area contributed by atoms with Gasteiger partial charge in [-0.25, -0.2) is 4.98 Å². The Morgan fingerprint density at radius 1 is 1.35 bits per heavy atom. The van der Waals surface area contributed by atoms with Crippen LogP contribution in [0.2, 0.25) is 0 Å². The third kappa shape index (κ3) is 2.35. The molecule has 0 saturated heterocycles. The van der Waals surface area contributed by atoms with Gasteiger partial charge in [-0.05, 0) is 32.7 Å². The first-order chi connectivity index (χ1) is 9.81. The average molecular weight is 274 g/mol. The number of aromatic nitrogens is 4. The van der Waals surface area contributed by atoms with Gasteiger partial charge < -0.3 is 10.6 Å². The number of hydrogen-bond donors (Lipinski definition) is 1. The van der Waals surface area contributed by atoms with Crippen molar-refractivity contribution in [3.8, 4) is 0 Å². The summed E-state index contributed by atoms with van der Waals surface area (Å²) in [6, 6.07) is 0.567. The van der Waals surface area contributed by atoms with Crippen LogP contribution in [0.25, 0.3) is 5.65 Å². The Morgan fingerprint density at radius 3 is 2.90 bits per heavy atom. The van der Waals surface area contributed by atoms with Gasteiger partial charge in [-0.2, -0.15) is 0 Å². The number of nitrogens with zero attached hydrogens (tertiary/aromatic N) is 5. The van der Waals surface area contributed by atoms with Crippen molar-refractivity contribution < 1.29 is 0 Å². The van der Waals surface area contributed by atoms with Crippen molar-refractivity contribution in [3.63, 3.8) is 0 Å². The van der Waals surface area contributed by atoms with E-state index < -0.39 is 0 Å². The van der Waals surface area contributed by atoms with Crippen LogP contribution in [0.5, 0.6) is 0 Å². The third-order valence-electron chi connectivity index (χ3n) is 4.12. The largest absolute Gasteiger partial charge is 0.350 e. The summed E-state index contributed by atoms with van der Waals surface area (Å²) >= 11 is 0. The fraction of sp³-hybridized carbons (Fsp3) is 0.643. The van der Waals surface area contributed by atoms with Crippen LogP contribution < -0.4 is 10.6 Å². The third-order valence-corrected chi connectivity index (χ3v) is 4.12. The summed E-state index contributed by atoms with van der Waals surface area (Å²) < 4.78 is 2.01. The number of aryl methyl sites for hydroxylation is 1. The maximum Gasteiger partial charge on any atom is 0.203 e. The average Bonchev–Trinajstić information content (AvgIpc) is 3.11. The van der Waals surface area contributed by atoms with Crippen LogP contribution in [-0.2, 0) is 0 Å². The molecule has 1 fully saturated rings. The zero-order chi connectivity index (χ0) is 13.9. The highest BCUT2D eigenvalue weighted by Gasteiger charge is 2.25. The first-order valence-electron chi connectivity index (χ1n) is 7.44. The highest BCUT2D eigenvalue weighted by molar-refractivity contribution is 5.64. The fourth-order valence-electron chi connectivity index (χ4n) is 3.07. The van der Waals surface area contributed by atoms with Crippen molar-refractivity contribution in [1.29, 1.82) is 0 Å². The standard InChI is InChI=1S/C14H22N6/c1-11-17-18-14-13(16-8-10-19(11)14)20(9-4-7-15)12-5-2-3-6-12/h8,10,12H,2-7,9,15H2,1H3. The molecule has 2 N–H and O–H groups in total. The molecule has 0 aromatic carbocycles. The topological polar surface area (TPSA) is 72.3 Å². The van der Waals surface area contributed by atoms with Crippen LogP contribution in [0.4, 0.5) is 5.82 Å². The maximum absolute atomic E-state index is 5.69. The number of hydrogen-bond acceptors (Lipinski definition) is 5. The molecule has 3 rings (SSSR count). The molecule has 0 bridgehead atoms. The zero-order valence-corrected chi connectivity index (χ0v) is 12.0. The molecule has 1 aliphatic carbocycles. The van der Waals surface area contributed by atoms with Gasteiger partial charge in [0.25, 0.3) is 0 Å². The summed E-state index contributed by atoms with van der Waals surface area (Å²) in [5, 5.41) is 8.46. The summed E-state index contributed by atoms with van der Waals surface area (Å²) in [5.41, 5.74) is 6.55. The molecule has 6 heteroatoms. The Bertz CT molecular complexity index is 572. The number of fused-ring (bicyclic) bond motifs is 1. The normalized spacial score (nSPS) is 16.1. The van der Waals surface area contributed by atoms with Crippen LogP contribution in [0.3, 0.4) is 0 Å². The second kappa shape index (κ2) is 5.75. The Balaban J connectivity index is 1.99. The molecule has 0 radical (unpaired) electrons. The van der Waals surface area contributed by atoms with E-state index in [1.807, 2.05) is 23.7 Å². The Hall–Kier alpha value is -1.69. The Morgan fingerprint density at radius 2 is 2.15 bits per heavy atom. The smallest absolute Gasteiger partial charge is 0.203 e. The molecular weight excluding hydrogens is 252 g/mol. The van der Waals surface area contributed by atoms with Gasteiger partial charge in [-0.3, -0.25) is 4.40 Å². The first-order valence-corrected chi connectivity index (χ1v) is 7.44. The van der Waals surface area contributed by atoms with E-state index in [1.165, 1.54) is 25.7 Å². The van der Waals surface area contributed by atoms with E-state index in [2.05, 4.69) is 20.1 Å². The first kappa shape index (κ1) is 13.3. The Kier molecular flexibility index (Phi) is 3.82. The summed E-state index contributed by atoms with van der Waals surface area (Å²) in [6.07, 6.45) is 9.82. The fourth-order valence-corrected chi connectivity index (χ4v) is 3.07. The van der Waals surface area contributed by atoms with Crippen LogP contribution in [0, 0.1) is 6.92 Å². The molecule has 6 nitrogen and oxygen atoms in total. The van der Waals surface area contributed by atoms with E-state index in [-0.39, 0.29) is 0 Å². The quantitative estimate of drug-likeness (QED) is 0.895. The molecule has 1 saturated carbocycles. The van der Waals surface area contributed by atoms with Gasteiger partial charge in [-0.1, -0.05) is 12.8 Å². The van der Waals surface area contributed by atoms with Gasteiger partial charge >= 0.3 is 0 Å². The van der Waals surface area contributed by atoms with E-state index >= 15 is 0 Å². The van der Waals surface area contributed by atoms with E-state index in [0.717, 1.165) is 30.3 Å². The monoisotopic (exact) mass is 274 g/mol. The lowest BCUT2D eigenvalue weighted by molar-refractivity contribution is 0.587. The second-order valence-corrected chi connectivity index (χ2v) is 5.47. The summed E-state index contributed by atoms with van der Waals surface area (Å²) in [7, 11) is 0. The predicted molar refractivity (Wildman–Crippen MR) is 78.8 cm³/mol. The van der Waals surface area contributed by atoms with Crippen molar-refractivity contribution in [1.82, 2.24) is 19.6 Å². The van der Waals surface area contributed by atoms with E-state index in [0.29, 0.717) is 12.6 Å². The minimum absolute atomic E-state index is 0.567. The minimum atomic E-state index is 0.567. The molecule has 0 unspecified atom stereocenters. The summed E-state index contributed by atoms with van der Waals surface area (Å²) in [5.74, 6) is 1.85. The number of anilines is 1. The van der Waals surface area contributed by atoms with Gasteiger partial charge in [0.1, 0.15) is 5.82 Å². The van der Waals surface area contributed by atoms with E-state index in [1.54, 1.807) is 0 Å². The molecule has 20 heavy (non-hydrogen) atoms. The minimum Gasteiger partial charge on any atom is -0.350 e. The van der Waals surface area contributed by atoms with Crippen molar-refractivity contribution in [2.45, 2.75) is 45.1 Å². The van der Waals surface area contributed by atoms with Crippen molar-refractivity contribution >= 4 is 11.5 Å². The molecule has 1 aliphatic rings. The summed E-state index contributed by atoms with van der Waals surface area (Å²) in [4.78, 5) is 6.97. The number of nitrogens with two attached hydrogens (primary N) is 1. The van der Waals surface area contributed by atoms with Gasteiger partial charge in [0.15, 0.2) is 5.82 Å². The maximum atomic E-state index is 5.69. The van der Waals surface area contributed by atoms with Crippen molar-refractivity contribution in [3.05, 3.63) is 18.2 Å². The molecule has 0 atom stereocenters. The lowest BCUT2D eigenvalue weighted by atomic mass is 10.2. The molecule has 2 aromatic heterocycles. The highest BCUT2D eigenvalue weighted by Crippen LogP contribution is 2.29. The van der Waals surface area contributed by atoms with Gasteiger partial charge in [-0.15, -0.1) is 10.2 Å². The molecule has 0 spiro atoms. The Labute approximate surface area is 119 Å². The molecule has 0 amide bonds. The van der Waals surface area contributed by atoms with Crippen LogP contribution in [-0.4, -0.2) is 38.7 Å². The molecule has 0 aliphatic heterocycles. The molecule has 2 heterocycles. The van der Waals surface area contributed by atoms with Crippen molar-refractivity contribution in [2.75, 3.05) is 18.0 Å². The second-order valence-electron chi connectivity index (χ2n) is 5.47. The molecule has 2 aromatic rings. The van der Waals surface area contributed by atoms with Gasteiger partial charge in [0.2, 0.25) is 5.65 Å². The highest BCUT2D eigenvalue weighted by atomic mass is 15.3. The van der Waals surface area contributed by atoms with Gasteiger partial charge in [0, 0.05) is 25.0 Å². The van der Waals surface area contributed by atoms with Crippen molar-refractivity contribution in [2.24, 2.45) is 5.73 Å². The van der Waals surface area contributed by atoms with Crippen LogP contribution in [0.1, 0.15) is 37.9 Å². The lowest BCUT2D eigenvalue weighted by Crippen LogP contribution is -2.36. The molecule has 108 valence electrons. The van der Waals surface area contributed by atoms with E-state index in [9.17, 15) is 0 Å². The zero-order valence-electron chi connectivity index (χ0n) is 12.0. The predicted octanol–water partition coefficient (Wildman–Crippen LogP) is 1.53. The van der Waals surface area contributed by atoms with Crippen LogP contribution in [0.15, 0.2) is 12.4 Å². The van der Waals surface area contributed by atoms with E-state index in [4.69, 9.17) is 5.73 Å². The lowest BCUT2D eigenvalue weighted by Gasteiger charge is -2.30. The summed E-state index contributed by atoms with van der Waals surface area (Å²) in [6.45, 7) is 3.61. The molecular formula is C14H22N6. The van der Waals surface area contributed by atoms with Crippen LogP contribution >= 0.6 is 0 Å². The van der Waals surface area contributed by atoms with Gasteiger partial charge in [0.05, 0.1) is 0 Å².